The number of benzene rings is 4. The molecule has 0 radical (unpaired) electrons. The van der Waals surface area contributed by atoms with Crippen LogP contribution in [0.15, 0.2) is 121 Å². The lowest BCUT2D eigenvalue weighted by molar-refractivity contribution is 0.584. The van der Waals surface area contributed by atoms with Gasteiger partial charge in [0, 0.05) is 10.0 Å². The van der Waals surface area contributed by atoms with E-state index in [1.54, 1.807) is 36.4 Å². The highest BCUT2D eigenvalue weighted by molar-refractivity contribution is 7.92. The average molecular weight is 519 g/mol. The monoisotopic (exact) mass is 518 g/mol. The molecule has 0 amide bonds. The summed E-state index contributed by atoms with van der Waals surface area (Å²) in [7, 11) is -3.75. The maximum Gasteiger partial charge on any atom is 0.171 e. The summed E-state index contributed by atoms with van der Waals surface area (Å²) >= 11 is 12.0. The summed E-state index contributed by atoms with van der Waals surface area (Å²) in [6, 6.07) is 33.2. The summed E-state index contributed by atoms with van der Waals surface area (Å²) in [5, 5.41) is -0.435. The van der Waals surface area contributed by atoms with E-state index in [0.29, 0.717) is 21.2 Å². The fourth-order valence-electron chi connectivity index (χ4n) is 3.81. The molecule has 0 aliphatic carbocycles. The molecule has 4 rings (SSSR count). The molecule has 0 saturated heterocycles. The Morgan fingerprint density at radius 2 is 0.857 bits per heavy atom. The van der Waals surface area contributed by atoms with Gasteiger partial charge in [-0.3, -0.25) is 0 Å². The molecule has 0 spiro atoms. The molecule has 176 valence electrons. The number of hydrogen-bond donors (Lipinski definition) is 0. The average Bonchev–Trinajstić information content (AvgIpc) is 2.87. The predicted molar refractivity (Wildman–Crippen MR) is 148 cm³/mol. The van der Waals surface area contributed by atoms with E-state index in [-0.39, 0.29) is 0 Å². The van der Waals surface area contributed by atoms with Gasteiger partial charge >= 0.3 is 0 Å². The van der Waals surface area contributed by atoms with E-state index >= 15 is 0 Å². The molecule has 0 heterocycles. The van der Waals surface area contributed by atoms with Crippen LogP contribution in [-0.4, -0.2) is 8.42 Å². The van der Waals surface area contributed by atoms with Crippen LogP contribution in [0.3, 0.4) is 0 Å². The molecule has 2 atom stereocenters. The van der Waals surface area contributed by atoms with Crippen LogP contribution >= 0.6 is 23.2 Å². The minimum Gasteiger partial charge on any atom is -0.227 e. The second kappa shape index (κ2) is 11.5. The fourth-order valence-corrected chi connectivity index (χ4v) is 6.04. The topological polar surface area (TPSA) is 34.1 Å². The normalized spacial score (nSPS) is 13.8. The maximum absolute atomic E-state index is 14.2. The summed E-state index contributed by atoms with van der Waals surface area (Å²) in [5.74, 6) is 0. The van der Waals surface area contributed by atoms with E-state index in [2.05, 4.69) is 0 Å². The van der Waals surface area contributed by atoms with Crippen LogP contribution in [-0.2, 0) is 9.84 Å². The van der Waals surface area contributed by atoms with Crippen LogP contribution in [0.5, 0.6) is 0 Å². The summed E-state index contributed by atoms with van der Waals surface area (Å²) in [4.78, 5) is 0. The van der Waals surface area contributed by atoms with Gasteiger partial charge in [-0.25, -0.2) is 8.42 Å². The lowest BCUT2D eigenvalue weighted by Gasteiger charge is -2.21. The Morgan fingerprint density at radius 1 is 0.514 bits per heavy atom. The van der Waals surface area contributed by atoms with Gasteiger partial charge in [-0.1, -0.05) is 132 Å². The zero-order valence-electron chi connectivity index (χ0n) is 18.8. The largest absolute Gasteiger partial charge is 0.227 e. The van der Waals surface area contributed by atoms with Crippen LogP contribution < -0.4 is 0 Å². The standard InChI is InChI=1S/C30H24Cl2O2S/c31-27-17-11-23(12-18-27)15-21-29(25-7-3-1-4-8-25)35(33,34)30(26-9-5-2-6-10-26)22-16-24-13-19-28(32)20-14-24/h1-22,29-30H/b21-15+,22-16+. The Bertz CT molecular complexity index is 1290. The van der Waals surface area contributed by atoms with Gasteiger partial charge in [-0.05, 0) is 46.5 Å². The van der Waals surface area contributed by atoms with E-state index in [4.69, 9.17) is 23.2 Å². The van der Waals surface area contributed by atoms with Gasteiger partial charge in [0.15, 0.2) is 9.84 Å². The number of halogens is 2. The van der Waals surface area contributed by atoms with E-state index in [9.17, 15) is 8.42 Å². The van der Waals surface area contributed by atoms with E-state index in [0.717, 1.165) is 11.1 Å². The van der Waals surface area contributed by atoms with Crippen molar-refractivity contribution < 1.29 is 8.42 Å². The van der Waals surface area contributed by atoms with E-state index in [1.807, 2.05) is 97.1 Å². The fraction of sp³-hybridized carbons (Fsp3) is 0.0667. The van der Waals surface area contributed by atoms with Crippen molar-refractivity contribution in [1.29, 1.82) is 0 Å². The zero-order valence-corrected chi connectivity index (χ0v) is 21.2. The molecule has 0 saturated carbocycles. The molecule has 0 aliphatic heterocycles. The summed E-state index contributed by atoms with van der Waals surface area (Å²) in [6.07, 6.45) is 7.16. The molecule has 0 N–H and O–H groups in total. The van der Waals surface area contributed by atoms with Crippen LogP contribution in [0.1, 0.15) is 32.8 Å². The summed E-state index contributed by atoms with van der Waals surface area (Å²) < 4.78 is 28.5. The second-order valence-corrected chi connectivity index (χ2v) is 11.1. The lowest BCUT2D eigenvalue weighted by atomic mass is 10.1. The van der Waals surface area contributed by atoms with Crippen LogP contribution in [0, 0.1) is 0 Å². The Balaban J connectivity index is 1.78. The molecule has 4 aromatic rings. The van der Waals surface area contributed by atoms with Crippen molar-refractivity contribution in [1.82, 2.24) is 0 Å². The van der Waals surface area contributed by atoms with Crippen molar-refractivity contribution in [2.45, 2.75) is 10.5 Å². The van der Waals surface area contributed by atoms with Crippen LogP contribution in [0.2, 0.25) is 10.0 Å². The van der Waals surface area contributed by atoms with Gasteiger partial charge in [-0.15, -0.1) is 0 Å². The Hall–Kier alpha value is -3.11. The molecule has 2 nitrogen and oxygen atoms in total. The molecule has 5 heteroatoms. The lowest BCUT2D eigenvalue weighted by Crippen LogP contribution is -2.19. The van der Waals surface area contributed by atoms with Crippen molar-refractivity contribution in [3.63, 3.8) is 0 Å². The first-order valence-corrected chi connectivity index (χ1v) is 13.5. The molecule has 0 aliphatic rings. The van der Waals surface area contributed by atoms with Gasteiger partial charge in [0.25, 0.3) is 0 Å². The predicted octanol–water partition coefficient (Wildman–Crippen LogP) is 8.62. The minimum atomic E-state index is -3.75. The third kappa shape index (κ3) is 6.52. The molecular formula is C30H24Cl2O2S. The highest BCUT2D eigenvalue weighted by Crippen LogP contribution is 2.37. The molecular weight excluding hydrogens is 495 g/mol. The van der Waals surface area contributed by atoms with Crippen molar-refractivity contribution in [2.24, 2.45) is 0 Å². The minimum absolute atomic E-state index is 0.630. The number of rotatable bonds is 8. The quantitative estimate of drug-likeness (QED) is 0.234. The van der Waals surface area contributed by atoms with Crippen molar-refractivity contribution in [3.8, 4) is 0 Å². The highest BCUT2D eigenvalue weighted by atomic mass is 35.5. The van der Waals surface area contributed by atoms with Crippen molar-refractivity contribution in [2.75, 3.05) is 0 Å². The molecule has 0 fully saturated rings. The first-order chi connectivity index (χ1) is 16.9. The maximum atomic E-state index is 14.2. The Kier molecular flexibility index (Phi) is 8.25. The SMILES string of the molecule is O=S(=O)(C(/C=C/c1ccc(Cl)cc1)c1ccccc1)C(/C=C/c1ccc(Cl)cc1)c1ccccc1. The van der Waals surface area contributed by atoms with Crippen LogP contribution in [0.25, 0.3) is 12.2 Å². The summed E-state index contributed by atoms with van der Waals surface area (Å²) in [6.45, 7) is 0. The third-order valence-corrected chi connectivity index (χ3v) is 8.41. The van der Waals surface area contributed by atoms with E-state index in [1.165, 1.54) is 0 Å². The van der Waals surface area contributed by atoms with Gasteiger partial charge in [0.05, 0.1) is 0 Å². The second-order valence-electron chi connectivity index (χ2n) is 8.07. The zero-order chi connectivity index (χ0) is 24.7. The van der Waals surface area contributed by atoms with Crippen LogP contribution in [0.4, 0.5) is 0 Å². The van der Waals surface area contributed by atoms with Gasteiger partial charge in [0.1, 0.15) is 10.5 Å². The van der Waals surface area contributed by atoms with Gasteiger partial charge in [0.2, 0.25) is 0 Å². The van der Waals surface area contributed by atoms with Crippen molar-refractivity contribution >= 4 is 45.2 Å². The molecule has 4 aromatic carbocycles. The number of sulfone groups is 1. The van der Waals surface area contributed by atoms with Gasteiger partial charge < -0.3 is 0 Å². The highest BCUT2D eigenvalue weighted by Gasteiger charge is 2.33. The molecule has 35 heavy (non-hydrogen) atoms. The van der Waals surface area contributed by atoms with E-state index < -0.39 is 20.3 Å². The smallest absolute Gasteiger partial charge is 0.171 e. The summed E-state index contributed by atoms with van der Waals surface area (Å²) in [5.41, 5.74) is 3.16. The first kappa shape index (κ1) is 25.0. The Morgan fingerprint density at radius 3 is 1.20 bits per heavy atom. The third-order valence-electron chi connectivity index (χ3n) is 5.63. The molecule has 0 aromatic heterocycles. The molecule has 2 unspecified atom stereocenters. The van der Waals surface area contributed by atoms with Crippen molar-refractivity contribution in [3.05, 3.63) is 154 Å². The Labute approximate surface area is 217 Å². The van der Waals surface area contributed by atoms with Gasteiger partial charge in [-0.2, -0.15) is 0 Å². The first-order valence-electron chi connectivity index (χ1n) is 11.1. The molecule has 0 bridgehead atoms. The number of hydrogen-bond acceptors (Lipinski definition) is 2.